The molecule has 1 aliphatic heterocycles. The molecule has 1 saturated heterocycles. The maximum Gasteiger partial charge on any atom is 0.471 e. The van der Waals surface area contributed by atoms with Crippen LogP contribution in [0.4, 0.5) is 13.2 Å². The number of rotatable bonds is 0. The summed E-state index contributed by atoms with van der Waals surface area (Å²) in [6.07, 6.45) is -2.72. The first-order valence-electron chi connectivity index (χ1n) is 6.44. The molecule has 0 saturated carbocycles. The van der Waals surface area contributed by atoms with E-state index >= 15 is 0 Å². The maximum atomic E-state index is 12.6. The number of halogens is 3. The molecule has 19 heavy (non-hydrogen) atoms. The van der Waals surface area contributed by atoms with Gasteiger partial charge in [-0.15, -0.1) is 0 Å². The fourth-order valence-corrected chi connectivity index (χ4v) is 3.39. The van der Waals surface area contributed by atoms with Gasteiger partial charge in [0.1, 0.15) is 0 Å². The Morgan fingerprint density at radius 1 is 1.26 bits per heavy atom. The van der Waals surface area contributed by atoms with Crippen LogP contribution < -0.4 is 0 Å². The summed E-state index contributed by atoms with van der Waals surface area (Å²) in [5.41, 5.74) is 2.20. The molecule has 0 radical (unpaired) electrons. The standard InChI is InChI=1S/C14H14F3NO/c15-14(16,17)13(19)18-7-3-6-11-10-5-2-1-4-9(10)8-12(11)18/h1-2,4-5,11-12H,3,6-8H2/t11-,12+/m0/s1. The minimum atomic E-state index is -4.77. The van der Waals surface area contributed by atoms with Gasteiger partial charge in [-0.25, -0.2) is 0 Å². The third-order valence-corrected chi connectivity index (χ3v) is 4.17. The summed E-state index contributed by atoms with van der Waals surface area (Å²) in [5, 5.41) is 0. The van der Waals surface area contributed by atoms with E-state index in [1.54, 1.807) is 0 Å². The van der Waals surface area contributed by atoms with Crippen molar-refractivity contribution in [3.8, 4) is 0 Å². The van der Waals surface area contributed by atoms with Crippen LogP contribution in [-0.2, 0) is 11.2 Å². The smallest absolute Gasteiger partial charge is 0.331 e. The lowest BCUT2D eigenvalue weighted by Gasteiger charge is -2.38. The van der Waals surface area contributed by atoms with Gasteiger partial charge in [0.2, 0.25) is 0 Å². The lowest BCUT2D eigenvalue weighted by molar-refractivity contribution is -0.189. The van der Waals surface area contributed by atoms with Crippen molar-refractivity contribution < 1.29 is 18.0 Å². The van der Waals surface area contributed by atoms with Crippen LogP contribution in [0, 0.1) is 0 Å². The van der Waals surface area contributed by atoms with Crippen molar-refractivity contribution in [2.24, 2.45) is 0 Å². The molecule has 0 N–H and O–H groups in total. The molecule has 0 spiro atoms. The van der Waals surface area contributed by atoms with Gasteiger partial charge >= 0.3 is 12.1 Å². The van der Waals surface area contributed by atoms with E-state index in [0.717, 1.165) is 22.4 Å². The Labute approximate surface area is 109 Å². The number of piperidine rings is 1. The quantitative estimate of drug-likeness (QED) is 0.709. The molecule has 0 unspecified atom stereocenters. The van der Waals surface area contributed by atoms with Crippen LogP contribution in [0.25, 0.3) is 0 Å². The molecule has 5 heteroatoms. The molecular weight excluding hydrogens is 255 g/mol. The summed E-state index contributed by atoms with van der Waals surface area (Å²) < 4.78 is 37.9. The van der Waals surface area contributed by atoms with Gasteiger partial charge in [-0.1, -0.05) is 24.3 Å². The molecule has 102 valence electrons. The van der Waals surface area contributed by atoms with Crippen molar-refractivity contribution >= 4 is 5.91 Å². The maximum absolute atomic E-state index is 12.6. The molecule has 1 fully saturated rings. The second kappa shape index (κ2) is 4.25. The molecule has 2 atom stereocenters. The fraction of sp³-hybridized carbons (Fsp3) is 0.500. The monoisotopic (exact) mass is 269 g/mol. The van der Waals surface area contributed by atoms with Gasteiger partial charge < -0.3 is 4.90 Å². The summed E-state index contributed by atoms with van der Waals surface area (Å²) in [4.78, 5) is 12.6. The topological polar surface area (TPSA) is 20.3 Å². The minimum Gasteiger partial charge on any atom is -0.331 e. The van der Waals surface area contributed by atoms with Crippen molar-refractivity contribution in [2.45, 2.75) is 37.4 Å². The summed E-state index contributed by atoms with van der Waals surface area (Å²) in [6, 6.07) is 7.41. The Morgan fingerprint density at radius 2 is 2.00 bits per heavy atom. The predicted octanol–water partition coefficient (Wildman–Crippen LogP) is 2.88. The molecular formula is C14H14F3NO. The van der Waals surface area contributed by atoms with Crippen molar-refractivity contribution in [3.63, 3.8) is 0 Å². The Morgan fingerprint density at radius 3 is 2.74 bits per heavy atom. The number of likely N-dealkylation sites (tertiary alicyclic amines) is 1. The first-order valence-corrected chi connectivity index (χ1v) is 6.44. The number of amides is 1. The number of carbonyl (C=O) groups is 1. The van der Waals surface area contributed by atoms with Gasteiger partial charge in [0.15, 0.2) is 0 Å². The van der Waals surface area contributed by atoms with Crippen LogP contribution in [0.15, 0.2) is 24.3 Å². The van der Waals surface area contributed by atoms with Crippen molar-refractivity contribution in [2.75, 3.05) is 6.54 Å². The van der Waals surface area contributed by atoms with E-state index in [1.807, 2.05) is 24.3 Å². The van der Waals surface area contributed by atoms with Crippen LogP contribution in [-0.4, -0.2) is 29.6 Å². The number of nitrogens with zero attached hydrogens (tertiary/aromatic N) is 1. The lowest BCUT2D eigenvalue weighted by atomic mass is 9.88. The van der Waals surface area contributed by atoms with Gasteiger partial charge in [-0.2, -0.15) is 13.2 Å². The number of alkyl halides is 3. The molecule has 2 nitrogen and oxygen atoms in total. The molecule has 1 aromatic rings. The fourth-order valence-electron chi connectivity index (χ4n) is 3.39. The molecule has 1 amide bonds. The highest BCUT2D eigenvalue weighted by molar-refractivity contribution is 5.82. The highest BCUT2D eigenvalue weighted by Gasteiger charge is 2.49. The third kappa shape index (κ3) is 2.01. The van der Waals surface area contributed by atoms with Crippen molar-refractivity contribution in [1.29, 1.82) is 0 Å². The van der Waals surface area contributed by atoms with Crippen LogP contribution in [0.2, 0.25) is 0 Å². The predicted molar refractivity (Wildman–Crippen MR) is 63.7 cm³/mol. The minimum absolute atomic E-state index is 0.0660. The van der Waals surface area contributed by atoms with Crippen molar-refractivity contribution in [3.05, 3.63) is 35.4 Å². The van der Waals surface area contributed by atoms with E-state index in [-0.39, 0.29) is 18.5 Å². The molecule has 0 bridgehead atoms. The molecule has 1 aromatic carbocycles. The van der Waals surface area contributed by atoms with Gasteiger partial charge in [-0.3, -0.25) is 4.79 Å². The van der Waals surface area contributed by atoms with Crippen LogP contribution in [0.3, 0.4) is 0 Å². The molecule has 2 aliphatic rings. The molecule has 1 aliphatic carbocycles. The molecule has 3 rings (SSSR count). The third-order valence-electron chi connectivity index (χ3n) is 4.17. The first kappa shape index (κ1) is 12.5. The Bertz CT molecular complexity index is 512. The average molecular weight is 269 g/mol. The SMILES string of the molecule is O=C(N1CCC[C@H]2c3ccccc3C[C@H]21)C(F)(F)F. The molecule has 1 heterocycles. The zero-order chi connectivity index (χ0) is 13.6. The van der Waals surface area contributed by atoms with E-state index in [1.165, 1.54) is 0 Å². The van der Waals surface area contributed by atoms with E-state index < -0.39 is 12.1 Å². The summed E-state index contributed by atoms with van der Waals surface area (Å²) in [6.45, 7) is 0.216. The zero-order valence-corrected chi connectivity index (χ0v) is 10.3. The van der Waals surface area contributed by atoms with E-state index in [2.05, 4.69) is 0 Å². The number of fused-ring (bicyclic) bond motifs is 3. The van der Waals surface area contributed by atoms with E-state index in [4.69, 9.17) is 0 Å². The van der Waals surface area contributed by atoms with Crippen LogP contribution in [0.1, 0.15) is 29.9 Å². The van der Waals surface area contributed by atoms with Gasteiger partial charge in [0.25, 0.3) is 0 Å². The molecule has 0 aromatic heterocycles. The Hall–Kier alpha value is -1.52. The lowest BCUT2D eigenvalue weighted by Crippen LogP contribution is -2.51. The number of carbonyl (C=O) groups excluding carboxylic acids is 1. The number of hydrogen-bond acceptors (Lipinski definition) is 1. The highest BCUT2D eigenvalue weighted by atomic mass is 19.4. The van der Waals surface area contributed by atoms with E-state index in [9.17, 15) is 18.0 Å². The summed E-state index contributed by atoms with van der Waals surface area (Å²) >= 11 is 0. The second-order valence-corrected chi connectivity index (χ2v) is 5.22. The van der Waals surface area contributed by atoms with Crippen molar-refractivity contribution in [1.82, 2.24) is 4.90 Å². The highest BCUT2D eigenvalue weighted by Crippen LogP contribution is 2.42. The summed E-state index contributed by atoms with van der Waals surface area (Å²) in [5.74, 6) is -1.62. The number of benzene rings is 1. The number of hydrogen-bond donors (Lipinski definition) is 0. The van der Waals surface area contributed by atoms with Gasteiger partial charge in [-0.05, 0) is 30.4 Å². The van der Waals surface area contributed by atoms with E-state index in [0.29, 0.717) is 12.8 Å². The van der Waals surface area contributed by atoms with Gasteiger partial charge in [0, 0.05) is 18.5 Å². The van der Waals surface area contributed by atoms with Crippen LogP contribution in [0.5, 0.6) is 0 Å². The summed E-state index contributed by atoms with van der Waals surface area (Å²) in [7, 11) is 0. The zero-order valence-electron chi connectivity index (χ0n) is 10.3. The average Bonchev–Trinajstić information content (AvgIpc) is 2.75. The van der Waals surface area contributed by atoms with Gasteiger partial charge in [0.05, 0.1) is 0 Å². The Kier molecular flexibility index (Phi) is 2.80. The Balaban J connectivity index is 1.90. The largest absolute Gasteiger partial charge is 0.471 e. The normalized spacial score (nSPS) is 25.9. The first-order chi connectivity index (χ1) is 8.98. The second-order valence-electron chi connectivity index (χ2n) is 5.22. The van der Waals surface area contributed by atoms with Crippen LogP contribution >= 0.6 is 0 Å².